The highest BCUT2D eigenvalue weighted by Gasteiger charge is 2.35. The van der Waals surface area contributed by atoms with Crippen LogP contribution in [-0.2, 0) is 4.74 Å². The van der Waals surface area contributed by atoms with Gasteiger partial charge in [-0.25, -0.2) is 4.99 Å². The van der Waals surface area contributed by atoms with E-state index in [4.69, 9.17) is 15.6 Å². The lowest BCUT2D eigenvalue weighted by atomic mass is 9.95. The average molecular weight is 258 g/mol. The Labute approximate surface area is 105 Å². The van der Waals surface area contributed by atoms with Gasteiger partial charge >= 0.3 is 0 Å². The third kappa shape index (κ3) is 3.22. The van der Waals surface area contributed by atoms with E-state index in [1.54, 1.807) is 17.8 Å². The van der Waals surface area contributed by atoms with Crippen molar-refractivity contribution in [3.8, 4) is 0 Å². The summed E-state index contributed by atoms with van der Waals surface area (Å²) < 4.78 is 5.67. The van der Waals surface area contributed by atoms with Crippen LogP contribution in [0, 0.1) is 5.92 Å². The van der Waals surface area contributed by atoms with Crippen molar-refractivity contribution >= 4 is 17.6 Å². The highest BCUT2D eigenvalue weighted by Crippen LogP contribution is 2.33. The second kappa shape index (κ2) is 5.86. The van der Waals surface area contributed by atoms with Gasteiger partial charge in [-0.1, -0.05) is 6.08 Å². The van der Waals surface area contributed by atoms with Crippen LogP contribution in [0.25, 0.3) is 0 Å². The summed E-state index contributed by atoms with van der Waals surface area (Å²) >= 11 is 1.58. The zero-order valence-corrected chi connectivity index (χ0v) is 10.3. The van der Waals surface area contributed by atoms with E-state index in [0.29, 0.717) is 5.84 Å². The molecule has 0 spiro atoms. The minimum Gasteiger partial charge on any atom is -0.393 e. The summed E-state index contributed by atoms with van der Waals surface area (Å²) in [6, 6.07) is 0. The average Bonchev–Trinajstić information content (AvgIpc) is 2.74. The standard InChI is InChI=1S/C11H18N2O3S/c12-9-4-2-1-3-7(11(15)13-9)8-6-17-10(5-14)16-8/h2,4,7-8,10-11,14-15H,1,3,5-6H2,(H2,12,13). The molecule has 0 saturated carbocycles. The van der Waals surface area contributed by atoms with Gasteiger partial charge in [0, 0.05) is 11.7 Å². The highest BCUT2D eigenvalue weighted by atomic mass is 32.2. The Morgan fingerprint density at radius 3 is 3.12 bits per heavy atom. The molecule has 0 aromatic rings. The normalized spacial score (nSPS) is 38.6. The molecule has 1 saturated heterocycles. The van der Waals surface area contributed by atoms with E-state index in [1.165, 1.54) is 0 Å². The molecule has 2 aliphatic heterocycles. The van der Waals surface area contributed by atoms with Crippen LogP contribution in [0.5, 0.6) is 0 Å². The van der Waals surface area contributed by atoms with Gasteiger partial charge in [-0.3, -0.25) is 0 Å². The molecule has 6 heteroatoms. The summed E-state index contributed by atoms with van der Waals surface area (Å²) in [7, 11) is 0. The molecule has 96 valence electrons. The number of amidine groups is 1. The third-order valence-corrected chi connectivity index (χ3v) is 4.17. The van der Waals surface area contributed by atoms with Crippen LogP contribution in [0.1, 0.15) is 12.8 Å². The number of nitrogens with two attached hydrogens (primary N) is 1. The molecule has 2 aliphatic rings. The van der Waals surface area contributed by atoms with E-state index in [1.807, 2.05) is 6.08 Å². The van der Waals surface area contributed by atoms with Crippen molar-refractivity contribution in [2.24, 2.45) is 16.6 Å². The van der Waals surface area contributed by atoms with Crippen LogP contribution in [0.15, 0.2) is 17.1 Å². The minimum absolute atomic E-state index is 0.00922. The fraction of sp³-hybridized carbons (Fsp3) is 0.727. The van der Waals surface area contributed by atoms with Gasteiger partial charge in [-0.2, -0.15) is 0 Å². The number of hydrogen-bond acceptors (Lipinski definition) is 6. The lowest BCUT2D eigenvalue weighted by Crippen LogP contribution is -2.34. The maximum absolute atomic E-state index is 10.0. The molecule has 1 fully saturated rings. The van der Waals surface area contributed by atoms with Gasteiger partial charge in [0.2, 0.25) is 0 Å². The van der Waals surface area contributed by atoms with E-state index >= 15 is 0 Å². The predicted octanol–water partition coefficient (Wildman–Crippen LogP) is 0.0786. The summed E-state index contributed by atoms with van der Waals surface area (Å²) in [6.07, 6.45) is 4.48. The molecule has 0 aromatic heterocycles. The summed E-state index contributed by atoms with van der Waals surface area (Å²) in [4.78, 5) is 4.02. The largest absolute Gasteiger partial charge is 0.393 e. The lowest BCUT2D eigenvalue weighted by molar-refractivity contribution is -0.0364. The van der Waals surface area contributed by atoms with E-state index in [0.717, 1.165) is 18.6 Å². The Balaban J connectivity index is 2.02. The SMILES string of the molecule is NC1=NC(O)C(C2CSC(CO)O2)CCC=C1. The zero-order chi connectivity index (χ0) is 12.3. The van der Waals surface area contributed by atoms with Gasteiger partial charge in [0.25, 0.3) is 0 Å². The van der Waals surface area contributed by atoms with Gasteiger partial charge in [-0.15, -0.1) is 11.8 Å². The van der Waals surface area contributed by atoms with Crippen molar-refractivity contribution in [2.45, 2.75) is 30.6 Å². The molecule has 4 unspecified atom stereocenters. The number of aliphatic hydroxyl groups is 2. The van der Waals surface area contributed by atoms with Crippen LogP contribution in [0.2, 0.25) is 0 Å². The maximum Gasteiger partial charge on any atom is 0.152 e. The number of nitrogens with zero attached hydrogens (tertiary/aromatic N) is 1. The Hall–Kier alpha value is -0.560. The molecule has 17 heavy (non-hydrogen) atoms. The Bertz CT molecular complexity index is 322. The summed E-state index contributed by atoms with van der Waals surface area (Å²) in [6.45, 7) is 0.00922. The number of rotatable bonds is 2. The van der Waals surface area contributed by atoms with Crippen LogP contribution in [0.3, 0.4) is 0 Å². The molecule has 0 amide bonds. The van der Waals surface area contributed by atoms with Gasteiger partial charge in [-0.05, 0) is 18.9 Å². The molecule has 2 rings (SSSR count). The fourth-order valence-corrected chi connectivity index (χ4v) is 3.16. The quantitative estimate of drug-likeness (QED) is 0.653. The highest BCUT2D eigenvalue weighted by molar-refractivity contribution is 8.00. The van der Waals surface area contributed by atoms with Crippen molar-refractivity contribution in [2.75, 3.05) is 12.4 Å². The lowest BCUT2D eigenvalue weighted by Gasteiger charge is -2.26. The molecule has 4 N–H and O–H groups in total. The van der Waals surface area contributed by atoms with Gasteiger partial charge in [0.1, 0.15) is 11.3 Å². The summed E-state index contributed by atoms with van der Waals surface area (Å²) in [5, 5.41) is 19.0. The number of thioether (sulfide) groups is 1. The van der Waals surface area contributed by atoms with E-state index < -0.39 is 6.23 Å². The number of aliphatic imine (C=N–C) groups is 1. The summed E-state index contributed by atoms with van der Waals surface area (Å²) in [5.74, 6) is 1.08. The number of aliphatic hydroxyl groups excluding tert-OH is 2. The van der Waals surface area contributed by atoms with E-state index in [2.05, 4.69) is 4.99 Å². The van der Waals surface area contributed by atoms with E-state index in [9.17, 15) is 5.11 Å². The summed E-state index contributed by atoms with van der Waals surface area (Å²) in [5.41, 5.74) is 5.45. The second-order valence-electron chi connectivity index (χ2n) is 4.23. The Kier molecular flexibility index (Phi) is 4.44. The topological polar surface area (TPSA) is 88.1 Å². The van der Waals surface area contributed by atoms with E-state index in [-0.39, 0.29) is 24.1 Å². The first-order valence-electron chi connectivity index (χ1n) is 5.76. The van der Waals surface area contributed by atoms with Crippen LogP contribution < -0.4 is 5.73 Å². The van der Waals surface area contributed by atoms with Gasteiger partial charge in [0.05, 0.1) is 12.7 Å². The molecule has 0 radical (unpaired) electrons. The van der Waals surface area contributed by atoms with Crippen molar-refractivity contribution < 1.29 is 14.9 Å². The van der Waals surface area contributed by atoms with Crippen molar-refractivity contribution in [1.82, 2.24) is 0 Å². The number of ether oxygens (including phenoxy) is 1. The molecule has 5 nitrogen and oxygen atoms in total. The molecular weight excluding hydrogens is 240 g/mol. The fourth-order valence-electron chi connectivity index (χ4n) is 2.11. The molecule has 0 bridgehead atoms. The first-order valence-corrected chi connectivity index (χ1v) is 6.81. The molecule has 0 aromatic carbocycles. The minimum atomic E-state index is -0.817. The first kappa shape index (κ1) is 12.9. The molecule has 2 heterocycles. The molecule has 4 atom stereocenters. The van der Waals surface area contributed by atoms with Crippen molar-refractivity contribution in [3.05, 3.63) is 12.2 Å². The third-order valence-electron chi connectivity index (χ3n) is 3.02. The second-order valence-corrected chi connectivity index (χ2v) is 5.42. The van der Waals surface area contributed by atoms with Crippen LogP contribution in [0.4, 0.5) is 0 Å². The Morgan fingerprint density at radius 2 is 2.41 bits per heavy atom. The monoisotopic (exact) mass is 258 g/mol. The number of hydrogen-bond donors (Lipinski definition) is 3. The first-order chi connectivity index (χ1) is 8.20. The predicted molar refractivity (Wildman–Crippen MR) is 67.7 cm³/mol. The molecule has 0 aliphatic carbocycles. The van der Waals surface area contributed by atoms with Crippen LogP contribution >= 0.6 is 11.8 Å². The van der Waals surface area contributed by atoms with Crippen LogP contribution in [-0.4, -0.2) is 46.2 Å². The van der Waals surface area contributed by atoms with Gasteiger partial charge < -0.3 is 20.7 Å². The van der Waals surface area contributed by atoms with Crippen molar-refractivity contribution in [1.29, 1.82) is 0 Å². The van der Waals surface area contributed by atoms with Gasteiger partial charge in [0.15, 0.2) is 6.23 Å². The molecular formula is C11H18N2O3S. The smallest absolute Gasteiger partial charge is 0.152 e. The Morgan fingerprint density at radius 1 is 1.59 bits per heavy atom. The van der Waals surface area contributed by atoms with Crippen molar-refractivity contribution in [3.63, 3.8) is 0 Å². The number of allylic oxidation sites excluding steroid dienone is 1. The maximum atomic E-state index is 10.0. The zero-order valence-electron chi connectivity index (χ0n) is 9.53.